The van der Waals surface area contributed by atoms with E-state index in [1.54, 1.807) is 19.2 Å². The highest BCUT2D eigenvalue weighted by Gasteiger charge is 2.45. The third kappa shape index (κ3) is 6.65. The molecule has 2 N–H and O–H groups in total. The molecule has 5 nitrogen and oxygen atoms in total. The number of aliphatic imine (C=N–C) groups is 1. The van der Waals surface area contributed by atoms with E-state index in [0.29, 0.717) is 25.8 Å². The summed E-state index contributed by atoms with van der Waals surface area (Å²) < 4.78 is 25.7. The fraction of sp³-hybridized carbons (Fsp3) is 0.480. The Morgan fingerprint density at radius 2 is 1.84 bits per heavy atom. The Morgan fingerprint density at radius 1 is 1.09 bits per heavy atom. The largest absolute Gasteiger partial charge is 0.381 e. The molecule has 4 rings (SSSR count). The van der Waals surface area contributed by atoms with Crippen LogP contribution in [-0.2, 0) is 28.0 Å². The van der Waals surface area contributed by atoms with Gasteiger partial charge in [-0.15, -0.1) is 24.0 Å². The Balaban J connectivity index is 0.00000289. The molecule has 0 aromatic heterocycles. The highest BCUT2D eigenvalue weighted by atomic mass is 127. The minimum atomic E-state index is -0.121. The Hall–Kier alpha value is -1.71. The lowest BCUT2D eigenvalue weighted by atomic mass is 9.95. The van der Waals surface area contributed by atoms with Crippen molar-refractivity contribution in [2.24, 2.45) is 4.99 Å². The average Bonchev–Trinajstić information content (AvgIpc) is 3.60. The van der Waals surface area contributed by atoms with E-state index >= 15 is 0 Å². The summed E-state index contributed by atoms with van der Waals surface area (Å²) in [5.74, 6) is 0.607. The Bertz CT molecular complexity index is 898. The van der Waals surface area contributed by atoms with E-state index in [0.717, 1.165) is 50.4 Å². The van der Waals surface area contributed by atoms with E-state index in [4.69, 9.17) is 9.47 Å². The third-order valence-corrected chi connectivity index (χ3v) is 6.22. The fourth-order valence-electron chi connectivity index (χ4n) is 4.13. The van der Waals surface area contributed by atoms with Gasteiger partial charge < -0.3 is 20.1 Å². The summed E-state index contributed by atoms with van der Waals surface area (Å²) in [4.78, 5) is 4.33. The molecule has 2 aliphatic rings. The van der Waals surface area contributed by atoms with E-state index in [1.807, 2.05) is 12.1 Å². The fourth-order valence-corrected chi connectivity index (χ4v) is 4.13. The summed E-state index contributed by atoms with van der Waals surface area (Å²) >= 11 is 0. The number of guanidine groups is 1. The molecule has 0 bridgehead atoms. The van der Waals surface area contributed by atoms with Crippen molar-refractivity contribution in [1.82, 2.24) is 10.6 Å². The topological polar surface area (TPSA) is 54.9 Å². The van der Waals surface area contributed by atoms with Crippen LogP contribution in [0.3, 0.4) is 0 Å². The SMILES string of the molecule is CN=C(NCc1cccc(COC2CCOCC2)c1)NCC1(c2ccccc2F)CC1.I. The van der Waals surface area contributed by atoms with Crippen LogP contribution in [0.1, 0.15) is 42.4 Å². The number of nitrogens with one attached hydrogen (secondary N) is 2. The minimum Gasteiger partial charge on any atom is -0.381 e. The Kier molecular flexibility index (Phi) is 9.31. The van der Waals surface area contributed by atoms with Gasteiger partial charge >= 0.3 is 0 Å². The number of benzene rings is 2. The summed E-state index contributed by atoms with van der Waals surface area (Å²) in [5.41, 5.74) is 3.02. The van der Waals surface area contributed by atoms with Gasteiger partial charge in [-0.25, -0.2) is 4.39 Å². The van der Waals surface area contributed by atoms with E-state index in [2.05, 4.69) is 39.9 Å². The molecule has 0 unspecified atom stereocenters. The number of hydrogen-bond acceptors (Lipinski definition) is 3. The van der Waals surface area contributed by atoms with Crippen LogP contribution in [0.5, 0.6) is 0 Å². The van der Waals surface area contributed by atoms with E-state index in [1.165, 1.54) is 11.1 Å². The van der Waals surface area contributed by atoms with Crippen molar-refractivity contribution in [1.29, 1.82) is 0 Å². The van der Waals surface area contributed by atoms with Crippen LogP contribution in [0.15, 0.2) is 53.5 Å². The zero-order valence-electron chi connectivity index (χ0n) is 18.6. The molecule has 32 heavy (non-hydrogen) atoms. The van der Waals surface area contributed by atoms with Crippen LogP contribution in [-0.4, -0.2) is 38.9 Å². The summed E-state index contributed by atoms with van der Waals surface area (Å²) in [6.45, 7) is 3.54. The molecule has 2 aromatic carbocycles. The predicted molar refractivity (Wildman–Crippen MR) is 136 cm³/mol. The lowest BCUT2D eigenvalue weighted by Crippen LogP contribution is -2.41. The van der Waals surface area contributed by atoms with Crippen LogP contribution in [0.25, 0.3) is 0 Å². The van der Waals surface area contributed by atoms with Crippen molar-refractivity contribution in [3.05, 3.63) is 71.0 Å². The first-order chi connectivity index (χ1) is 15.2. The first-order valence-electron chi connectivity index (χ1n) is 11.2. The van der Waals surface area contributed by atoms with Crippen molar-refractivity contribution in [3.8, 4) is 0 Å². The molecule has 174 valence electrons. The number of rotatable bonds is 8. The second kappa shape index (κ2) is 12.0. The van der Waals surface area contributed by atoms with E-state index < -0.39 is 0 Å². The van der Waals surface area contributed by atoms with Crippen LogP contribution < -0.4 is 10.6 Å². The molecule has 2 fully saturated rings. The van der Waals surface area contributed by atoms with Crippen molar-refractivity contribution in [3.63, 3.8) is 0 Å². The zero-order valence-corrected chi connectivity index (χ0v) is 20.9. The van der Waals surface area contributed by atoms with Crippen molar-refractivity contribution in [2.75, 3.05) is 26.8 Å². The summed E-state index contributed by atoms with van der Waals surface area (Å²) in [6.07, 6.45) is 4.22. The molecule has 1 saturated heterocycles. The van der Waals surface area contributed by atoms with Gasteiger partial charge in [-0.3, -0.25) is 4.99 Å². The van der Waals surface area contributed by atoms with Gasteiger partial charge in [0.05, 0.1) is 12.7 Å². The van der Waals surface area contributed by atoms with Crippen molar-refractivity contribution >= 4 is 29.9 Å². The first kappa shape index (κ1) is 24.9. The van der Waals surface area contributed by atoms with Crippen LogP contribution >= 0.6 is 24.0 Å². The molecule has 1 aliphatic carbocycles. The molecule has 0 amide bonds. The van der Waals surface area contributed by atoms with Gasteiger partial charge in [0.1, 0.15) is 5.82 Å². The molecule has 2 aromatic rings. The Morgan fingerprint density at radius 3 is 2.56 bits per heavy atom. The number of hydrogen-bond donors (Lipinski definition) is 2. The molecule has 0 spiro atoms. The van der Waals surface area contributed by atoms with E-state index in [9.17, 15) is 4.39 Å². The standard InChI is InChI=1S/C25H32FN3O2.HI/c1-27-24(29-18-25(11-12-25)22-7-2-3-8-23(22)26)28-16-19-5-4-6-20(15-19)17-31-21-9-13-30-14-10-21;/h2-8,15,21H,9-14,16-18H2,1H3,(H2,27,28,29);1H. The second-order valence-corrected chi connectivity index (χ2v) is 8.48. The molecule has 1 saturated carbocycles. The maximum Gasteiger partial charge on any atom is 0.191 e. The lowest BCUT2D eigenvalue weighted by Gasteiger charge is -2.22. The monoisotopic (exact) mass is 553 g/mol. The van der Waals surface area contributed by atoms with Gasteiger partial charge in [0, 0.05) is 38.8 Å². The first-order valence-corrected chi connectivity index (χ1v) is 11.2. The smallest absolute Gasteiger partial charge is 0.191 e. The second-order valence-electron chi connectivity index (χ2n) is 8.48. The molecule has 1 aliphatic heterocycles. The highest BCUT2D eigenvalue weighted by molar-refractivity contribution is 14.0. The van der Waals surface area contributed by atoms with Gasteiger partial charge in [0.15, 0.2) is 5.96 Å². The van der Waals surface area contributed by atoms with E-state index in [-0.39, 0.29) is 35.2 Å². The van der Waals surface area contributed by atoms with Crippen LogP contribution in [0.2, 0.25) is 0 Å². The maximum absolute atomic E-state index is 14.2. The average molecular weight is 553 g/mol. The number of halogens is 2. The van der Waals surface area contributed by atoms with Crippen LogP contribution in [0, 0.1) is 5.82 Å². The summed E-state index contributed by atoms with van der Waals surface area (Å²) in [5, 5.41) is 6.76. The quantitative estimate of drug-likeness (QED) is 0.287. The number of nitrogens with zero attached hydrogens (tertiary/aromatic N) is 1. The predicted octanol–water partition coefficient (Wildman–Crippen LogP) is 4.54. The summed E-state index contributed by atoms with van der Waals surface area (Å²) in [6, 6.07) is 15.5. The summed E-state index contributed by atoms with van der Waals surface area (Å²) in [7, 11) is 1.76. The molecule has 1 heterocycles. The number of ether oxygens (including phenoxy) is 2. The van der Waals surface area contributed by atoms with Crippen molar-refractivity contribution < 1.29 is 13.9 Å². The zero-order chi connectivity index (χ0) is 21.5. The van der Waals surface area contributed by atoms with Gasteiger partial charge in [0.25, 0.3) is 0 Å². The molecular weight excluding hydrogens is 520 g/mol. The van der Waals surface area contributed by atoms with Crippen molar-refractivity contribution in [2.45, 2.75) is 50.4 Å². The molecular formula is C25H33FIN3O2. The molecule has 7 heteroatoms. The van der Waals surface area contributed by atoms with Gasteiger partial charge in [-0.05, 0) is 48.4 Å². The van der Waals surface area contributed by atoms with Gasteiger partial charge in [0.2, 0.25) is 0 Å². The Labute approximate surface area is 207 Å². The maximum atomic E-state index is 14.2. The third-order valence-electron chi connectivity index (χ3n) is 6.22. The molecule has 0 atom stereocenters. The molecule has 0 radical (unpaired) electrons. The van der Waals surface area contributed by atoms with Gasteiger partial charge in [-0.1, -0.05) is 42.5 Å². The lowest BCUT2D eigenvalue weighted by molar-refractivity contribution is -0.0390. The van der Waals surface area contributed by atoms with Crippen LogP contribution in [0.4, 0.5) is 4.39 Å². The minimum absolute atomic E-state index is 0. The highest BCUT2D eigenvalue weighted by Crippen LogP contribution is 2.48. The normalized spacial score (nSPS) is 18.0. The van der Waals surface area contributed by atoms with Gasteiger partial charge in [-0.2, -0.15) is 0 Å².